The van der Waals surface area contributed by atoms with Crippen molar-refractivity contribution in [2.45, 2.75) is 26.0 Å². The molecule has 0 aliphatic carbocycles. The quantitative estimate of drug-likeness (QED) is 0.839. The molecule has 1 unspecified atom stereocenters. The smallest absolute Gasteiger partial charge is 0.344 e. The molecule has 1 aliphatic heterocycles. The van der Waals surface area contributed by atoms with E-state index < -0.39 is 12.1 Å². The first-order valence-corrected chi connectivity index (χ1v) is 9.07. The fourth-order valence-corrected chi connectivity index (χ4v) is 3.12. The minimum atomic E-state index is -0.994. The van der Waals surface area contributed by atoms with Crippen LogP contribution in [0.4, 0.5) is 0 Å². The average Bonchev–Trinajstić information content (AvgIpc) is 3.10. The molecule has 7 nitrogen and oxygen atoms in total. The monoisotopic (exact) mass is 372 g/mol. The lowest BCUT2D eigenvalue weighted by Crippen LogP contribution is -2.35. The van der Waals surface area contributed by atoms with Gasteiger partial charge in [-0.1, -0.05) is 18.2 Å². The van der Waals surface area contributed by atoms with Crippen LogP contribution < -0.4 is 4.74 Å². The van der Waals surface area contributed by atoms with Gasteiger partial charge >= 0.3 is 5.97 Å². The molecule has 3 rings (SSSR count). The molecule has 1 aliphatic rings. The molecule has 1 atom stereocenters. The Labute approximate surface area is 158 Å². The molecular formula is C20H24N2O5. The molecule has 0 saturated carbocycles. The predicted octanol–water partition coefficient (Wildman–Crippen LogP) is 2.48. The van der Waals surface area contributed by atoms with Crippen LogP contribution in [0.3, 0.4) is 0 Å². The summed E-state index contributed by atoms with van der Waals surface area (Å²) in [5, 5.41) is 9.07. The maximum Gasteiger partial charge on any atom is 0.344 e. The van der Waals surface area contributed by atoms with Crippen molar-refractivity contribution in [3.8, 4) is 5.75 Å². The average molecular weight is 372 g/mol. The van der Waals surface area contributed by atoms with Gasteiger partial charge in [0.1, 0.15) is 5.75 Å². The third kappa shape index (κ3) is 4.89. The molecular weight excluding hydrogens is 348 g/mol. The maximum absolute atomic E-state index is 12.5. The molecule has 0 spiro atoms. The van der Waals surface area contributed by atoms with Gasteiger partial charge in [0.2, 0.25) is 0 Å². The Morgan fingerprint density at radius 2 is 1.96 bits per heavy atom. The molecule has 1 saturated heterocycles. The van der Waals surface area contributed by atoms with E-state index >= 15 is 0 Å². The largest absolute Gasteiger partial charge is 0.479 e. The van der Waals surface area contributed by atoms with Crippen LogP contribution in [0.2, 0.25) is 0 Å². The maximum atomic E-state index is 12.5. The number of carboxylic acids is 1. The van der Waals surface area contributed by atoms with Gasteiger partial charge in [0.05, 0.1) is 6.26 Å². The number of carboxylic acid groups (broad SMARTS) is 1. The number of carbonyl (C=O) groups is 2. The molecule has 1 amide bonds. The lowest BCUT2D eigenvalue weighted by atomic mass is 10.2. The Kier molecular flexibility index (Phi) is 6.13. The van der Waals surface area contributed by atoms with Gasteiger partial charge in [0, 0.05) is 38.3 Å². The van der Waals surface area contributed by atoms with Gasteiger partial charge in [-0.2, -0.15) is 0 Å². The minimum Gasteiger partial charge on any atom is -0.479 e. The van der Waals surface area contributed by atoms with Crippen molar-refractivity contribution in [2.75, 3.05) is 26.2 Å². The van der Waals surface area contributed by atoms with Gasteiger partial charge in [-0.25, -0.2) is 4.79 Å². The van der Waals surface area contributed by atoms with Crippen molar-refractivity contribution < 1.29 is 23.8 Å². The van der Waals surface area contributed by atoms with Crippen molar-refractivity contribution in [3.05, 3.63) is 54.0 Å². The highest BCUT2D eigenvalue weighted by Crippen LogP contribution is 2.22. The number of rotatable bonds is 6. The first-order valence-electron chi connectivity index (χ1n) is 9.07. The van der Waals surface area contributed by atoms with Crippen molar-refractivity contribution in [3.63, 3.8) is 0 Å². The summed E-state index contributed by atoms with van der Waals surface area (Å²) in [6, 6.07) is 10.9. The van der Waals surface area contributed by atoms with Crippen LogP contribution in [0.1, 0.15) is 29.5 Å². The first kappa shape index (κ1) is 19.0. The summed E-state index contributed by atoms with van der Waals surface area (Å²) >= 11 is 0. The van der Waals surface area contributed by atoms with Crippen LogP contribution >= 0.6 is 0 Å². The number of aliphatic carboxylic acids is 1. The number of nitrogens with zero attached hydrogens (tertiary/aromatic N) is 2. The van der Waals surface area contributed by atoms with E-state index in [4.69, 9.17) is 14.3 Å². The van der Waals surface area contributed by atoms with Crippen molar-refractivity contribution in [1.82, 2.24) is 9.80 Å². The summed E-state index contributed by atoms with van der Waals surface area (Å²) in [7, 11) is 0. The molecule has 1 N–H and O–H groups in total. The van der Waals surface area contributed by atoms with Crippen molar-refractivity contribution in [1.29, 1.82) is 0 Å². The molecule has 144 valence electrons. The minimum absolute atomic E-state index is 0.0825. The first-order chi connectivity index (χ1) is 13.0. The fourth-order valence-electron chi connectivity index (χ4n) is 3.12. The van der Waals surface area contributed by atoms with Gasteiger partial charge in [-0.3, -0.25) is 9.69 Å². The summed E-state index contributed by atoms with van der Waals surface area (Å²) in [6.45, 7) is 5.05. The van der Waals surface area contributed by atoms with Crippen LogP contribution in [0.5, 0.6) is 5.75 Å². The van der Waals surface area contributed by atoms with E-state index in [2.05, 4.69) is 4.90 Å². The SMILES string of the molecule is CC(Oc1ccccc1CN1CCCN(C(=O)c2ccco2)CC1)C(=O)O. The Morgan fingerprint density at radius 3 is 2.70 bits per heavy atom. The number of hydrogen-bond acceptors (Lipinski definition) is 5. The van der Waals surface area contributed by atoms with Gasteiger partial charge in [-0.05, 0) is 31.5 Å². The Morgan fingerprint density at radius 1 is 1.15 bits per heavy atom. The molecule has 0 bridgehead atoms. The van der Waals surface area contributed by atoms with Gasteiger partial charge < -0.3 is 19.2 Å². The molecule has 1 aromatic carbocycles. The zero-order valence-electron chi connectivity index (χ0n) is 15.3. The molecule has 7 heteroatoms. The summed E-state index contributed by atoms with van der Waals surface area (Å²) in [5.41, 5.74) is 0.941. The number of hydrogen-bond donors (Lipinski definition) is 1. The number of benzene rings is 1. The second-order valence-electron chi connectivity index (χ2n) is 6.61. The normalized spacial score (nSPS) is 16.6. The summed E-state index contributed by atoms with van der Waals surface area (Å²) < 4.78 is 10.8. The van der Waals surface area contributed by atoms with Gasteiger partial charge in [0.15, 0.2) is 11.9 Å². The zero-order valence-corrected chi connectivity index (χ0v) is 15.3. The van der Waals surface area contributed by atoms with E-state index in [1.54, 1.807) is 18.2 Å². The third-order valence-electron chi connectivity index (χ3n) is 4.63. The highest BCUT2D eigenvalue weighted by atomic mass is 16.5. The highest BCUT2D eigenvalue weighted by molar-refractivity contribution is 5.91. The second kappa shape index (κ2) is 8.73. The molecule has 0 radical (unpaired) electrons. The van der Waals surface area contributed by atoms with Crippen LogP contribution in [0, 0.1) is 0 Å². The summed E-state index contributed by atoms with van der Waals surface area (Å²) in [6.07, 6.45) is 1.46. The molecule has 27 heavy (non-hydrogen) atoms. The standard InChI is InChI=1S/C20H24N2O5/c1-15(20(24)25)27-17-7-3-2-6-16(17)14-21-9-5-10-22(12-11-21)19(23)18-8-4-13-26-18/h2-4,6-8,13,15H,5,9-12,14H2,1H3,(H,24,25). The third-order valence-corrected chi connectivity index (χ3v) is 4.63. The second-order valence-corrected chi connectivity index (χ2v) is 6.61. The zero-order chi connectivity index (χ0) is 19.2. The predicted molar refractivity (Wildman–Crippen MR) is 98.7 cm³/mol. The van der Waals surface area contributed by atoms with Crippen molar-refractivity contribution >= 4 is 11.9 Å². The number of amides is 1. The fraction of sp³-hybridized carbons (Fsp3) is 0.400. The van der Waals surface area contributed by atoms with E-state index in [-0.39, 0.29) is 5.91 Å². The van der Waals surface area contributed by atoms with E-state index in [1.807, 2.05) is 23.1 Å². The number of ether oxygens (including phenoxy) is 1. The van der Waals surface area contributed by atoms with Crippen LogP contribution in [0.25, 0.3) is 0 Å². The van der Waals surface area contributed by atoms with E-state index in [0.29, 0.717) is 31.1 Å². The van der Waals surface area contributed by atoms with Gasteiger partial charge in [0.25, 0.3) is 5.91 Å². The van der Waals surface area contributed by atoms with Gasteiger partial charge in [-0.15, -0.1) is 0 Å². The van der Waals surface area contributed by atoms with Crippen LogP contribution in [-0.4, -0.2) is 59.1 Å². The Hall–Kier alpha value is -2.80. The van der Waals surface area contributed by atoms with E-state index in [0.717, 1.165) is 25.1 Å². The lowest BCUT2D eigenvalue weighted by molar-refractivity contribution is -0.144. The van der Waals surface area contributed by atoms with Crippen molar-refractivity contribution in [2.24, 2.45) is 0 Å². The molecule has 1 aromatic heterocycles. The molecule has 2 heterocycles. The summed E-state index contributed by atoms with van der Waals surface area (Å²) in [5.74, 6) is -0.127. The number of carbonyl (C=O) groups excluding carboxylic acids is 1. The highest BCUT2D eigenvalue weighted by Gasteiger charge is 2.23. The number of furan rings is 1. The Balaban J connectivity index is 1.62. The summed E-state index contributed by atoms with van der Waals surface area (Å²) in [4.78, 5) is 27.6. The topological polar surface area (TPSA) is 83.2 Å². The Bertz CT molecular complexity index is 774. The van der Waals surface area contributed by atoms with E-state index in [1.165, 1.54) is 13.2 Å². The number of para-hydroxylation sites is 1. The molecule has 2 aromatic rings. The van der Waals surface area contributed by atoms with E-state index in [9.17, 15) is 9.59 Å². The van der Waals surface area contributed by atoms with Crippen LogP contribution in [-0.2, 0) is 11.3 Å². The lowest BCUT2D eigenvalue weighted by Gasteiger charge is -2.23. The molecule has 1 fully saturated rings. The van der Waals surface area contributed by atoms with Crippen LogP contribution in [0.15, 0.2) is 47.1 Å².